The summed E-state index contributed by atoms with van der Waals surface area (Å²) in [5.41, 5.74) is 0. The molecular formula is C18H24N4O2S. The van der Waals surface area contributed by atoms with E-state index >= 15 is 0 Å². The quantitative estimate of drug-likeness (QED) is 0.793. The monoisotopic (exact) mass is 360 g/mol. The maximum atomic E-state index is 12.6. The zero-order valence-corrected chi connectivity index (χ0v) is 15.8. The minimum atomic E-state index is -0.0454. The number of ether oxygens (including phenoxy) is 1. The van der Waals surface area contributed by atoms with E-state index < -0.39 is 0 Å². The van der Waals surface area contributed by atoms with Crippen molar-refractivity contribution in [3.8, 4) is 5.88 Å². The molecule has 0 spiro atoms. The van der Waals surface area contributed by atoms with E-state index in [0.717, 1.165) is 35.1 Å². The first-order valence-corrected chi connectivity index (χ1v) is 9.52. The van der Waals surface area contributed by atoms with Gasteiger partial charge in [-0.15, -0.1) is 11.3 Å². The average Bonchev–Trinajstić information content (AvgIpc) is 3.26. The summed E-state index contributed by atoms with van der Waals surface area (Å²) in [5, 5.41) is 0. The van der Waals surface area contributed by atoms with Crippen molar-refractivity contribution in [3.05, 3.63) is 34.3 Å². The van der Waals surface area contributed by atoms with E-state index in [1.165, 1.54) is 11.3 Å². The molecule has 1 saturated heterocycles. The van der Waals surface area contributed by atoms with Gasteiger partial charge in [0.05, 0.1) is 11.4 Å². The van der Waals surface area contributed by atoms with Gasteiger partial charge in [-0.3, -0.25) is 4.79 Å². The van der Waals surface area contributed by atoms with Crippen LogP contribution in [0.15, 0.2) is 24.5 Å². The summed E-state index contributed by atoms with van der Waals surface area (Å²) in [7, 11) is 0. The van der Waals surface area contributed by atoms with E-state index in [4.69, 9.17) is 4.74 Å². The maximum absolute atomic E-state index is 12.6. The first kappa shape index (κ1) is 17.7. The third-order valence-electron chi connectivity index (χ3n) is 4.37. The van der Waals surface area contributed by atoms with E-state index in [-0.39, 0.29) is 12.0 Å². The van der Waals surface area contributed by atoms with Gasteiger partial charge in [-0.25, -0.2) is 9.97 Å². The molecule has 6 nitrogen and oxygen atoms in total. The van der Waals surface area contributed by atoms with E-state index in [1.807, 2.05) is 24.0 Å². The van der Waals surface area contributed by atoms with Crippen LogP contribution in [0.3, 0.4) is 0 Å². The molecule has 134 valence electrons. The second-order valence-electron chi connectivity index (χ2n) is 6.05. The Morgan fingerprint density at radius 3 is 2.76 bits per heavy atom. The number of hydrogen-bond acceptors (Lipinski definition) is 6. The van der Waals surface area contributed by atoms with Crippen LogP contribution in [0.1, 0.15) is 34.8 Å². The number of thiophene rings is 1. The molecule has 25 heavy (non-hydrogen) atoms. The Kier molecular flexibility index (Phi) is 5.53. The summed E-state index contributed by atoms with van der Waals surface area (Å²) in [5.74, 6) is 1.41. The molecule has 3 heterocycles. The first-order chi connectivity index (χ1) is 12.1. The van der Waals surface area contributed by atoms with E-state index in [9.17, 15) is 4.79 Å². The van der Waals surface area contributed by atoms with Crippen LogP contribution in [0.25, 0.3) is 0 Å². The summed E-state index contributed by atoms with van der Waals surface area (Å²) in [6, 6.07) is 3.88. The summed E-state index contributed by atoms with van der Waals surface area (Å²) in [4.78, 5) is 27.3. The molecule has 0 radical (unpaired) electrons. The highest BCUT2D eigenvalue weighted by molar-refractivity contribution is 7.13. The van der Waals surface area contributed by atoms with Crippen molar-refractivity contribution < 1.29 is 9.53 Å². The fraction of sp³-hybridized carbons (Fsp3) is 0.500. The van der Waals surface area contributed by atoms with Crippen molar-refractivity contribution in [2.24, 2.45) is 0 Å². The van der Waals surface area contributed by atoms with Crippen molar-refractivity contribution in [2.45, 2.75) is 33.3 Å². The Labute approximate surface area is 152 Å². The van der Waals surface area contributed by atoms with E-state index in [1.54, 1.807) is 12.4 Å². The molecule has 0 aliphatic carbocycles. The van der Waals surface area contributed by atoms with Crippen LogP contribution < -0.4 is 9.64 Å². The van der Waals surface area contributed by atoms with Gasteiger partial charge in [0.15, 0.2) is 5.82 Å². The molecule has 0 saturated carbocycles. The maximum Gasteiger partial charge on any atom is 0.264 e. The number of aryl methyl sites for hydroxylation is 1. The second-order valence-corrected chi connectivity index (χ2v) is 7.34. The molecule has 0 aromatic carbocycles. The fourth-order valence-corrected chi connectivity index (χ4v) is 3.85. The van der Waals surface area contributed by atoms with Crippen molar-refractivity contribution in [1.29, 1.82) is 0 Å². The third kappa shape index (κ3) is 3.92. The molecular weight excluding hydrogens is 336 g/mol. The van der Waals surface area contributed by atoms with Crippen molar-refractivity contribution >= 4 is 23.1 Å². The van der Waals surface area contributed by atoms with E-state index in [2.05, 4.69) is 28.7 Å². The van der Waals surface area contributed by atoms with Crippen LogP contribution >= 0.6 is 11.3 Å². The number of carbonyl (C=O) groups excluding carboxylic acids is 1. The van der Waals surface area contributed by atoms with Crippen LogP contribution in [0.2, 0.25) is 0 Å². The van der Waals surface area contributed by atoms with Gasteiger partial charge in [-0.1, -0.05) is 0 Å². The van der Waals surface area contributed by atoms with E-state index in [0.29, 0.717) is 19.0 Å². The minimum Gasteiger partial charge on any atom is -0.470 e. The molecule has 0 N–H and O–H groups in total. The van der Waals surface area contributed by atoms with Crippen LogP contribution in [-0.4, -0.2) is 53.1 Å². The predicted molar refractivity (Wildman–Crippen MR) is 99.6 cm³/mol. The molecule has 1 atom stereocenters. The molecule has 1 aliphatic rings. The summed E-state index contributed by atoms with van der Waals surface area (Å²) >= 11 is 1.54. The Morgan fingerprint density at radius 2 is 2.08 bits per heavy atom. The zero-order chi connectivity index (χ0) is 17.8. The van der Waals surface area contributed by atoms with Crippen molar-refractivity contribution in [2.75, 3.05) is 31.1 Å². The molecule has 7 heteroatoms. The predicted octanol–water partition coefficient (Wildman–Crippen LogP) is 2.99. The highest BCUT2D eigenvalue weighted by Gasteiger charge is 2.30. The molecule has 2 aromatic heterocycles. The largest absolute Gasteiger partial charge is 0.470 e. The fourth-order valence-electron chi connectivity index (χ4n) is 3.01. The molecule has 1 aliphatic heterocycles. The molecule has 2 aromatic rings. The van der Waals surface area contributed by atoms with Gasteiger partial charge in [0.2, 0.25) is 0 Å². The normalized spacial score (nSPS) is 16.9. The topological polar surface area (TPSA) is 58.6 Å². The van der Waals surface area contributed by atoms with Gasteiger partial charge >= 0.3 is 0 Å². The molecule has 0 bridgehead atoms. The smallest absolute Gasteiger partial charge is 0.264 e. The standard InChI is InChI=1S/C18H24N4O2S/c1-4-21(5-2)16-17(20-10-9-19-16)24-14-8-11-22(12-14)18(23)15-7-6-13(3)25-15/h6-7,9-10,14H,4-5,8,11-12H2,1-3H3. The van der Waals surface area contributed by atoms with Crippen LogP contribution in [0.4, 0.5) is 5.82 Å². The third-order valence-corrected chi connectivity index (χ3v) is 5.36. The number of rotatable bonds is 6. The summed E-state index contributed by atoms with van der Waals surface area (Å²) in [6.07, 6.45) is 4.10. The number of carbonyl (C=O) groups is 1. The molecule has 1 fully saturated rings. The molecule has 1 unspecified atom stereocenters. The van der Waals surface area contributed by atoms with Gasteiger partial charge in [0.25, 0.3) is 11.8 Å². The molecule has 3 rings (SSSR count). The van der Waals surface area contributed by atoms with Gasteiger partial charge in [-0.2, -0.15) is 0 Å². The lowest BCUT2D eigenvalue weighted by atomic mass is 10.3. The van der Waals surface area contributed by atoms with Crippen molar-refractivity contribution in [1.82, 2.24) is 14.9 Å². The lowest BCUT2D eigenvalue weighted by molar-refractivity contribution is 0.0776. The van der Waals surface area contributed by atoms with Crippen LogP contribution in [0, 0.1) is 6.92 Å². The Morgan fingerprint density at radius 1 is 1.32 bits per heavy atom. The lowest BCUT2D eigenvalue weighted by Crippen LogP contribution is -2.31. The minimum absolute atomic E-state index is 0.0454. The highest BCUT2D eigenvalue weighted by atomic mass is 32.1. The first-order valence-electron chi connectivity index (χ1n) is 8.70. The Bertz CT molecular complexity index is 729. The average molecular weight is 360 g/mol. The van der Waals surface area contributed by atoms with Gasteiger partial charge in [0.1, 0.15) is 6.10 Å². The number of aromatic nitrogens is 2. The number of anilines is 1. The van der Waals surface area contributed by atoms with Crippen LogP contribution in [0.5, 0.6) is 5.88 Å². The SMILES string of the molecule is CCN(CC)c1nccnc1OC1CCN(C(=O)c2ccc(C)s2)C1. The van der Waals surface area contributed by atoms with Crippen molar-refractivity contribution in [3.63, 3.8) is 0 Å². The summed E-state index contributed by atoms with van der Waals surface area (Å²) in [6.45, 7) is 9.17. The van der Waals surface area contributed by atoms with Gasteiger partial charge in [-0.05, 0) is 32.9 Å². The number of hydrogen-bond donors (Lipinski definition) is 0. The van der Waals surface area contributed by atoms with Crippen LogP contribution in [-0.2, 0) is 0 Å². The molecule has 1 amide bonds. The number of nitrogens with zero attached hydrogens (tertiary/aromatic N) is 4. The Balaban J connectivity index is 1.67. The summed E-state index contributed by atoms with van der Waals surface area (Å²) < 4.78 is 6.11. The van der Waals surface area contributed by atoms with Gasteiger partial charge < -0.3 is 14.5 Å². The second kappa shape index (κ2) is 7.82. The number of amides is 1. The Hall–Kier alpha value is -2.15. The highest BCUT2D eigenvalue weighted by Crippen LogP contribution is 2.26. The lowest BCUT2D eigenvalue weighted by Gasteiger charge is -2.23. The van der Waals surface area contributed by atoms with Gasteiger partial charge in [0, 0.05) is 43.3 Å². The number of likely N-dealkylation sites (tertiary alicyclic amines) is 1. The zero-order valence-electron chi connectivity index (χ0n) is 14.9.